The second-order valence-corrected chi connectivity index (χ2v) is 14.6. The van der Waals surface area contributed by atoms with Gasteiger partial charge in [-0.15, -0.1) is 0 Å². The monoisotopic (exact) mass is 728 g/mol. The summed E-state index contributed by atoms with van der Waals surface area (Å²) in [4.78, 5) is 4.76. The zero-order chi connectivity index (χ0) is 37.7. The first-order chi connectivity index (χ1) is 28.2. The van der Waals surface area contributed by atoms with Gasteiger partial charge in [-0.3, -0.25) is 0 Å². The summed E-state index contributed by atoms with van der Waals surface area (Å²) < 4.78 is 7.07. The van der Waals surface area contributed by atoms with Crippen molar-refractivity contribution in [3.8, 4) is 11.1 Å². The molecular weight excluding hydrogens is 693 g/mol. The smallest absolute Gasteiger partial charge is 0.143 e. The van der Waals surface area contributed by atoms with Crippen molar-refractivity contribution in [1.29, 1.82) is 0 Å². The molecule has 0 saturated carbocycles. The summed E-state index contributed by atoms with van der Waals surface area (Å²) in [5.74, 6) is 0. The van der Waals surface area contributed by atoms with Crippen molar-refractivity contribution in [3.05, 3.63) is 218 Å². The summed E-state index contributed by atoms with van der Waals surface area (Å²) in [5, 5.41) is 9.14. The highest BCUT2D eigenvalue weighted by Gasteiger charge is 2.25. The number of furan rings is 1. The van der Waals surface area contributed by atoms with E-state index in [0.29, 0.717) is 0 Å². The molecule has 268 valence electrons. The van der Waals surface area contributed by atoms with Crippen molar-refractivity contribution in [2.24, 2.45) is 0 Å². The van der Waals surface area contributed by atoms with Crippen LogP contribution in [-0.4, -0.2) is 0 Å². The first-order valence-corrected chi connectivity index (χ1v) is 19.4. The van der Waals surface area contributed by atoms with Crippen molar-refractivity contribution in [2.75, 3.05) is 9.80 Å². The molecule has 0 spiro atoms. The fourth-order valence-corrected chi connectivity index (χ4v) is 8.44. The van der Waals surface area contributed by atoms with Gasteiger partial charge in [0.25, 0.3) is 0 Å². The number of nitrogens with zero attached hydrogens (tertiary/aromatic N) is 2. The van der Waals surface area contributed by atoms with E-state index in [0.717, 1.165) is 72.4 Å². The Balaban J connectivity index is 1.24. The number of benzene rings is 10. The molecular formula is C54H36N2O. The average molecular weight is 729 g/mol. The van der Waals surface area contributed by atoms with Gasteiger partial charge in [-0.1, -0.05) is 152 Å². The summed E-state index contributed by atoms with van der Waals surface area (Å²) in [7, 11) is 0. The lowest BCUT2D eigenvalue weighted by atomic mass is 10.0. The Morgan fingerprint density at radius 3 is 1.56 bits per heavy atom. The molecule has 10 aromatic carbocycles. The lowest BCUT2D eigenvalue weighted by molar-refractivity contribution is 0.673. The highest BCUT2D eigenvalue weighted by atomic mass is 16.3. The van der Waals surface area contributed by atoms with Crippen molar-refractivity contribution in [2.45, 2.75) is 0 Å². The summed E-state index contributed by atoms with van der Waals surface area (Å²) in [6, 6.07) is 78.2. The molecule has 0 aliphatic heterocycles. The van der Waals surface area contributed by atoms with Gasteiger partial charge < -0.3 is 14.2 Å². The van der Waals surface area contributed by atoms with Crippen LogP contribution in [0.2, 0.25) is 0 Å². The molecule has 0 unspecified atom stereocenters. The topological polar surface area (TPSA) is 19.6 Å². The first-order valence-electron chi connectivity index (χ1n) is 19.4. The van der Waals surface area contributed by atoms with Crippen LogP contribution in [0, 0.1) is 0 Å². The van der Waals surface area contributed by atoms with Gasteiger partial charge in [-0.2, -0.15) is 0 Å². The molecule has 1 heterocycles. The number of para-hydroxylation sites is 1. The van der Waals surface area contributed by atoms with Crippen molar-refractivity contribution < 1.29 is 4.42 Å². The normalized spacial score (nSPS) is 11.5. The first kappa shape index (κ1) is 32.8. The average Bonchev–Trinajstić information content (AvgIpc) is 3.67. The number of hydrogen-bond donors (Lipinski definition) is 0. The van der Waals surface area contributed by atoms with E-state index in [1.807, 2.05) is 0 Å². The number of rotatable bonds is 7. The number of hydrogen-bond acceptors (Lipinski definition) is 3. The van der Waals surface area contributed by atoms with Gasteiger partial charge in [-0.25, -0.2) is 0 Å². The molecule has 0 amide bonds. The second kappa shape index (κ2) is 13.6. The zero-order valence-corrected chi connectivity index (χ0v) is 31.1. The minimum Gasteiger partial charge on any atom is -0.455 e. The van der Waals surface area contributed by atoms with E-state index in [2.05, 4.69) is 228 Å². The quantitative estimate of drug-likeness (QED) is 0.163. The van der Waals surface area contributed by atoms with E-state index in [-0.39, 0.29) is 0 Å². The maximum absolute atomic E-state index is 7.07. The van der Waals surface area contributed by atoms with E-state index < -0.39 is 0 Å². The predicted octanol–water partition coefficient (Wildman–Crippen LogP) is 15.7. The van der Waals surface area contributed by atoms with Crippen LogP contribution in [0.5, 0.6) is 0 Å². The van der Waals surface area contributed by atoms with E-state index in [1.54, 1.807) is 0 Å². The molecule has 3 nitrogen and oxygen atoms in total. The van der Waals surface area contributed by atoms with Gasteiger partial charge in [-0.05, 0) is 98.7 Å². The Hall–Kier alpha value is -7.62. The van der Waals surface area contributed by atoms with Crippen LogP contribution >= 0.6 is 0 Å². The molecule has 3 heteroatoms. The molecule has 0 atom stereocenters. The third kappa shape index (κ3) is 5.76. The van der Waals surface area contributed by atoms with Crippen LogP contribution < -0.4 is 9.80 Å². The van der Waals surface area contributed by atoms with Crippen LogP contribution in [0.4, 0.5) is 34.1 Å². The molecule has 11 rings (SSSR count). The Morgan fingerprint density at radius 2 is 0.842 bits per heavy atom. The maximum Gasteiger partial charge on any atom is 0.143 e. The summed E-state index contributed by atoms with van der Waals surface area (Å²) >= 11 is 0. The minimum absolute atomic E-state index is 0.820. The molecule has 0 N–H and O–H groups in total. The molecule has 0 radical (unpaired) electrons. The van der Waals surface area contributed by atoms with Gasteiger partial charge in [0, 0.05) is 39.6 Å². The molecule has 0 aliphatic rings. The zero-order valence-electron chi connectivity index (χ0n) is 31.1. The van der Waals surface area contributed by atoms with Crippen LogP contribution in [-0.2, 0) is 0 Å². The summed E-state index contributed by atoms with van der Waals surface area (Å²) in [5.41, 5.74) is 10.3. The Labute approximate surface area is 330 Å². The third-order valence-corrected chi connectivity index (χ3v) is 11.1. The van der Waals surface area contributed by atoms with Gasteiger partial charge in [0.2, 0.25) is 0 Å². The molecule has 0 fully saturated rings. The van der Waals surface area contributed by atoms with Crippen LogP contribution in [0.3, 0.4) is 0 Å². The summed E-state index contributed by atoms with van der Waals surface area (Å²) in [6.45, 7) is 0. The Kier molecular flexibility index (Phi) is 7.82. The molecule has 0 aliphatic carbocycles. The van der Waals surface area contributed by atoms with Gasteiger partial charge in [0.05, 0.1) is 16.8 Å². The molecule has 11 aromatic rings. The maximum atomic E-state index is 7.07. The van der Waals surface area contributed by atoms with E-state index in [9.17, 15) is 0 Å². The molecule has 0 bridgehead atoms. The SMILES string of the molecule is c1ccc(-c2cccc(N(c3ccc4ccccc4c3)c3cc(N(c4ccccc4)c4ccc5ccccc5c4)cc4oc5c6ccccc6ccc5c34)c2)cc1. The van der Waals surface area contributed by atoms with Crippen molar-refractivity contribution >= 4 is 88.4 Å². The molecule has 1 aromatic heterocycles. The lowest BCUT2D eigenvalue weighted by Crippen LogP contribution is -2.13. The fraction of sp³-hybridized carbons (Fsp3) is 0. The van der Waals surface area contributed by atoms with Gasteiger partial charge >= 0.3 is 0 Å². The summed E-state index contributed by atoms with van der Waals surface area (Å²) in [6.07, 6.45) is 0. The van der Waals surface area contributed by atoms with Crippen molar-refractivity contribution in [3.63, 3.8) is 0 Å². The van der Waals surface area contributed by atoms with Crippen LogP contribution in [0.15, 0.2) is 223 Å². The molecule has 57 heavy (non-hydrogen) atoms. The van der Waals surface area contributed by atoms with Gasteiger partial charge in [0.15, 0.2) is 0 Å². The highest BCUT2D eigenvalue weighted by molar-refractivity contribution is 6.20. The number of fused-ring (bicyclic) bond motifs is 7. The lowest BCUT2D eigenvalue weighted by Gasteiger charge is -2.30. The minimum atomic E-state index is 0.820. The van der Waals surface area contributed by atoms with Gasteiger partial charge in [0.1, 0.15) is 11.2 Å². The largest absolute Gasteiger partial charge is 0.455 e. The van der Waals surface area contributed by atoms with Crippen LogP contribution in [0.25, 0.3) is 65.4 Å². The van der Waals surface area contributed by atoms with E-state index >= 15 is 0 Å². The Morgan fingerprint density at radius 1 is 0.298 bits per heavy atom. The third-order valence-electron chi connectivity index (χ3n) is 11.1. The van der Waals surface area contributed by atoms with Crippen molar-refractivity contribution in [1.82, 2.24) is 0 Å². The number of anilines is 6. The Bertz CT molecular complexity index is 3260. The standard InChI is InChI=1S/C54H36N2O/c1-3-14-37(15-4-1)43-21-13-24-45(32-43)56(47-30-27-39-17-8-10-20-42(39)34-47)51-35-48(36-52-53(51)50-31-28-40-18-11-12-25-49(40)54(50)57-52)55(44-22-5-2-6-23-44)46-29-26-38-16-7-9-19-41(38)33-46/h1-36H. The fourth-order valence-electron chi connectivity index (χ4n) is 8.44. The molecule has 0 saturated heterocycles. The van der Waals surface area contributed by atoms with E-state index in [1.165, 1.54) is 27.1 Å². The van der Waals surface area contributed by atoms with Crippen LogP contribution in [0.1, 0.15) is 0 Å². The predicted molar refractivity (Wildman–Crippen MR) is 241 cm³/mol. The van der Waals surface area contributed by atoms with E-state index in [4.69, 9.17) is 4.42 Å². The highest BCUT2D eigenvalue weighted by Crippen LogP contribution is 2.49. The second-order valence-electron chi connectivity index (χ2n) is 14.6.